The molecule has 0 unspecified atom stereocenters. The third kappa shape index (κ3) is 5.79. The van der Waals surface area contributed by atoms with E-state index in [0.717, 1.165) is 44.5 Å². The number of Topliss-reactive ketones (excluding diaryl/α,β-unsaturated/α-hetero) is 1. The predicted octanol–water partition coefficient (Wildman–Crippen LogP) is 2.89. The lowest BCUT2D eigenvalue weighted by atomic mass is 10.0. The summed E-state index contributed by atoms with van der Waals surface area (Å²) in [6.07, 6.45) is 3.51. The Morgan fingerprint density at radius 3 is 2.43 bits per heavy atom. The third-order valence-corrected chi connectivity index (χ3v) is 4.43. The SMILES string of the molecule is CC(C)C(=O)NC1CCN(CCCC(=O)c2ccccc2)CC1. The quantitative estimate of drug-likeness (QED) is 0.787. The summed E-state index contributed by atoms with van der Waals surface area (Å²) < 4.78 is 0. The smallest absolute Gasteiger partial charge is 0.222 e. The Morgan fingerprint density at radius 1 is 1.17 bits per heavy atom. The number of likely N-dealkylation sites (tertiary alicyclic amines) is 1. The average Bonchev–Trinajstić information content (AvgIpc) is 2.57. The molecule has 1 heterocycles. The molecule has 0 saturated carbocycles. The number of piperidine rings is 1. The zero-order valence-corrected chi connectivity index (χ0v) is 14.3. The summed E-state index contributed by atoms with van der Waals surface area (Å²) in [5.74, 6) is 0.429. The zero-order valence-electron chi connectivity index (χ0n) is 14.3. The number of nitrogens with one attached hydrogen (secondary N) is 1. The number of amides is 1. The van der Waals surface area contributed by atoms with E-state index in [1.54, 1.807) is 0 Å². The Hall–Kier alpha value is -1.68. The van der Waals surface area contributed by atoms with Gasteiger partial charge in [0, 0.05) is 37.0 Å². The minimum absolute atomic E-state index is 0.0528. The fraction of sp³-hybridized carbons (Fsp3) is 0.579. The van der Waals surface area contributed by atoms with Crippen molar-refractivity contribution in [3.05, 3.63) is 35.9 Å². The van der Waals surface area contributed by atoms with Crippen molar-refractivity contribution in [2.45, 2.75) is 45.6 Å². The number of ketones is 1. The van der Waals surface area contributed by atoms with E-state index in [1.807, 2.05) is 44.2 Å². The highest BCUT2D eigenvalue weighted by Gasteiger charge is 2.21. The van der Waals surface area contributed by atoms with Crippen molar-refractivity contribution in [1.82, 2.24) is 10.2 Å². The average molecular weight is 316 g/mol. The van der Waals surface area contributed by atoms with Crippen molar-refractivity contribution in [3.8, 4) is 0 Å². The maximum atomic E-state index is 12.1. The monoisotopic (exact) mass is 316 g/mol. The van der Waals surface area contributed by atoms with Crippen LogP contribution < -0.4 is 5.32 Å². The zero-order chi connectivity index (χ0) is 16.7. The topological polar surface area (TPSA) is 49.4 Å². The first-order valence-electron chi connectivity index (χ1n) is 8.67. The van der Waals surface area contributed by atoms with E-state index < -0.39 is 0 Å². The normalized spacial score (nSPS) is 16.5. The van der Waals surface area contributed by atoms with E-state index in [-0.39, 0.29) is 17.6 Å². The Morgan fingerprint density at radius 2 is 1.83 bits per heavy atom. The summed E-state index contributed by atoms with van der Waals surface area (Å²) in [6, 6.07) is 9.81. The van der Waals surface area contributed by atoms with Gasteiger partial charge in [-0.15, -0.1) is 0 Å². The lowest BCUT2D eigenvalue weighted by molar-refractivity contribution is -0.125. The lowest BCUT2D eigenvalue weighted by Crippen LogP contribution is -2.45. The first-order valence-corrected chi connectivity index (χ1v) is 8.67. The van der Waals surface area contributed by atoms with Crippen LogP contribution >= 0.6 is 0 Å². The first-order chi connectivity index (χ1) is 11.1. The van der Waals surface area contributed by atoms with Gasteiger partial charge in [-0.25, -0.2) is 0 Å². The van der Waals surface area contributed by atoms with Crippen molar-refractivity contribution in [3.63, 3.8) is 0 Å². The maximum Gasteiger partial charge on any atom is 0.222 e. The van der Waals surface area contributed by atoms with Gasteiger partial charge in [-0.1, -0.05) is 44.2 Å². The van der Waals surface area contributed by atoms with Crippen LogP contribution in [0, 0.1) is 5.92 Å². The molecule has 0 aliphatic carbocycles. The number of nitrogens with zero attached hydrogens (tertiary/aromatic N) is 1. The van der Waals surface area contributed by atoms with Gasteiger partial charge in [0.25, 0.3) is 0 Å². The van der Waals surface area contributed by atoms with Crippen LogP contribution in [0.4, 0.5) is 0 Å². The highest BCUT2D eigenvalue weighted by molar-refractivity contribution is 5.95. The number of carbonyl (C=O) groups excluding carboxylic acids is 2. The summed E-state index contributed by atoms with van der Waals surface area (Å²) in [6.45, 7) is 6.82. The molecular weight excluding hydrogens is 288 g/mol. The molecule has 23 heavy (non-hydrogen) atoms. The molecule has 1 amide bonds. The maximum absolute atomic E-state index is 12.1. The molecular formula is C19H28N2O2. The number of benzene rings is 1. The predicted molar refractivity (Wildman–Crippen MR) is 92.4 cm³/mol. The van der Waals surface area contributed by atoms with Gasteiger partial charge < -0.3 is 10.2 Å². The van der Waals surface area contributed by atoms with Crippen molar-refractivity contribution < 1.29 is 9.59 Å². The first kappa shape index (κ1) is 17.7. The van der Waals surface area contributed by atoms with E-state index in [2.05, 4.69) is 10.2 Å². The van der Waals surface area contributed by atoms with E-state index in [0.29, 0.717) is 12.5 Å². The summed E-state index contributed by atoms with van der Waals surface area (Å²) in [4.78, 5) is 26.2. The summed E-state index contributed by atoms with van der Waals surface area (Å²) in [7, 11) is 0. The minimum Gasteiger partial charge on any atom is -0.353 e. The summed E-state index contributed by atoms with van der Waals surface area (Å²) in [5.41, 5.74) is 0.808. The van der Waals surface area contributed by atoms with Crippen LogP contribution in [0.3, 0.4) is 0 Å². The number of hydrogen-bond acceptors (Lipinski definition) is 3. The van der Waals surface area contributed by atoms with E-state index in [4.69, 9.17) is 0 Å². The second kappa shape index (κ2) is 8.82. The van der Waals surface area contributed by atoms with Crippen LogP contribution in [0.15, 0.2) is 30.3 Å². The molecule has 1 saturated heterocycles. The number of carbonyl (C=O) groups is 2. The van der Waals surface area contributed by atoms with Gasteiger partial charge in [0.15, 0.2) is 5.78 Å². The molecule has 1 aromatic rings. The third-order valence-electron chi connectivity index (χ3n) is 4.43. The van der Waals surface area contributed by atoms with Gasteiger partial charge in [0.1, 0.15) is 0 Å². The Balaban J connectivity index is 1.63. The molecule has 4 nitrogen and oxygen atoms in total. The molecule has 1 aromatic carbocycles. The van der Waals surface area contributed by atoms with Gasteiger partial charge in [-0.2, -0.15) is 0 Å². The highest BCUT2D eigenvalue weighted by Crippen LogP contribution is 2.13. The molecule has 0 atom stereocenters. The second-order valence-electron chi connectivity index (χ2n) is 6.67. The van der Waals surface area contributed by atoms with Gasteiger partial charge in [0.2, 0.25) is 5.91 Å². The van der Waals surface area contributed by atoms with Crippen LogP contribution in [-0.4, -0.2) is 42.3 Å². The van der Waals surface area contributed by atoms with Crippen molar-refractivity contribution in [2.24, 2.45) is 5.92 Å². The largest absolute Gasteiger partial charge is 0.353 e. The van der Waals surface area contributed by atoms with E-state index in [1.165, 1.54) is 0 Å². The Kier molecular flexibility index (Phi) is 6.78. The van der Waals surface area contributed by atoms with Gasteiger partial charge >= 0.3 is 0 Å². The van der Waals surface area contributed by atoms with Crippen LogP contribution in [0.25, 0.3) is 0 Å². The highest BCUT2D eigenvalue weighted by atomic mass is 16.2. The molecule has 0 radical (unpaired) electrons. The molecule has 126 valence electrons. The lowest BCUT2D eigenvalue weighted by Gasteiger charge is -2.32. The van der Waals surface area contributed by atoms with E-state index in [9.17, 15) is 9.59 Å². The van der Waals surface area contributed by atoms with Crippen molar-refractivity contribution in [2.75, 3.05) is 19.6 Å². The molecule has 1 fully saturated rings. The summed E-state index contributed by atoms with van der Waals surface area (Å²) >= 11 is 0. The van der Waals surface area contributed by atoms with Crippen molar-refractivity contribution >= 4 is 11.7 Å². The molecule has 2 rings (SSSR count). The Bertz CT molecular complexity index is 505. The molecule has 0 aromatic heterocycles. The standard InChI is InChI=1S/C19H28N2O2/c1-15(2)19(23)20-17-10-13-21(14-11-17)12-6-9-18(22)16-7-4-3-5-8-16/h3-5,7-8,15,17H,6,9-14H2,1-2H3,(H,20,23). The van der Waals surface area contributed by atoms with Crippen LogP contribution in [0.1, 0.15) is 49.9 Å². The molecule has 1 aliphatic heterocycles. The molecule has 1 aliphatic rings. The fourth-order valence-corrected chi connectivity index (χ4v) is 2.90. The minimum atomic E-state index is 0.0528. The number of rotatable bonds is 7. The van der Waals surface area contributed by atoms with Gasteiger partial charge in [-0.05, 0) is 25.8 Å². The number of hydrogen-bond donors (Lipinski definition) is 1. The van der Waals surface area contributed by atoms with Crippen LogP contribution in [0.5, 0.6) is 0 Å². The van der Waals surface area contributed by atoms with Gasteiger partial charge in [-0.3, -0.25) is 9.59 Å². The van der Waals surface area contributed by atoms with Crippen LogP contribution in [-0.2, 0) is 4.79 Å². The van der Waals surface area contributed by atoms with E-state index >= 15 is 0 Å². The second-order valence-corrected chi connectivity index (χ2v) is 6.67. The fourth-order valence-electron chi connectivity index (χ4n) is 2.90. The molecule has 1 N–H and O–H groups in total. The summed E-state index contributed by atoms with van der Waals surface area (Å²) in [5, 5.41) is 3.11. The van der Waals surface area contributed by atoms with Crippen LogP contribution in [0.2, 0.25) is 0 Å². The molecule has 4 heteroatoms. The molecule has 0 bridgehead atoms. The Labute approximate surface area is 139 Å². The van der Waals surface area contributed by atoms with Gasteiger partial charge in [0.05, 0.1) is 0 Å². The van der Waals surface area contributed by atoms with Crippen molar-refractivity contribution in [1.29, 1.82) is 0 Å². The molecule has 0 spiro atoms.